The molecule has 4 rings (SSSR count). The molecule has 3 nitrogen and oxygen atoms in total. The Morgan fingerprint density at radius 2 is 1.13 bits per heavy atom. The first-order valence-corrected chi connectivity index (χ1v) is 18.0. The molecule has 6 N–H and O–H groups in total. The van der Waals surface area contributed by atoms with Gasteiger partial charge in [-0.3, -0.25) is 0 Å². The van der Waals surface area contributed by atoms with Crippen LogP contribution in [0.25, 0.3) is 16.7 Å². The lowest BCUT2D eigenvalue weighted by Crippen LogP contribution is -2.15. The third-order valence-corrected chi connectivity index (χ3v) is 9.28. The van der Waals surface area contributed by atoms with Crippen LogP contribution in [0.4, 0.5) is 8.78 Å². The number of aryl methyl sites for hydroxylation is 2. The second-order valence-corrected chi connectivity index (χ2v) is 13.2. The van der Waals surface area contributed by atoms with E-state index in [-0.39, 0.29) is 11.1 Å². The zero-order valence-corrected chi connectivity index (χ0v) is 28.5. The zero-order valence-electron chi connectivity index (χ0n) is 28.5. The fourth-order valence-electron chi connectivity index (χ4n) is 6.53. The van der Waals surface area contributed by atoms with Crippen molar-refractivity contribution in [2.75, 3.05) is 19.6 Å². The molecule has 47 heavy (non-hydrogen) atoms. The van der Waals surface area contributed by atoms with E-state index in [0.29, 0.717) is 25.6 Å². The smallest absolute Gasteiger partial charge is 0.298 e. The summed E-state index contributed by atoms with van der Waals surface area (Å²) in [5.41, 5.74) is 25.2. The standard InChI is InChI=1S/C42H56F2N3/c1-2-3-4-11-32-26-33(12-5-8-23-45)29-38(28-32)36-15-19-40(20-16-36)42(43,44)41-21-17-37(18-22-41)39-30-34(13-6-9-24-46)27-35(31-39)14-7-10-25-47/h15-22,26-32H,2-14,23-25,45-47H2,1H3. The summed E-state index contributed by atoms with van der Waals surface area (Å²) in [7, 11) is 0. The molecule has 0 aromatic heterocycles. The molecule has 253 valence electrons. The van der Waals surface area contributed by atoms with Crippen LogP contribution >= 0.6 is 0 Å². The number of nitrogens with two attached hydrogens (primary N) is 3. The number of alkyl halides is 2. The van der Waals surface area contributed by atoms with Gasteiger partial charge in [0.05, 0.1) is 0 Å². The minimum atomic E-state index is -3.10. The van der Waals surface area contributed by atoms with Crippen LogP contribution in [0.15, 0.2) is 84.5 Å². The van der Waals surface area contributed by atoms with Gasteiger partial charge in [-0.25, -0.2) is 0 Å². The van der Waals surface area contributed by atoms with E-state index in [4.69, 9.17) is 17.2 Å². The molecule has 0 saturated heterocycles. The van der Waals surface area contributed by atoms with Crippen LogP contribution in [0.5, 0.6) is 0 Å². The van der Waals surface area contributed by atoms with Crippen molar-refractivity contribution in [3.8, 4) is 11.1 Å². The third kappa shape index (κ3) is 11.0. The molecule has 0 amide bonds. The van der Waals surface area contributed by atoms with Gasteiger partial charge in [-0.15, -0.1) is 0 Å². The average Bonchev–Trinajstić information content (AvgIpc) is 3.09. The Hall–Kier alpha value is -3.12. The molecular formula is C42H56F2N3. The van der Waals surface area contributed by atoms with Gasteiger partial charge < -0.3 is 17.2 Å². The van der Waals surface area contributed by atoms with Crippen LogP contribution in [-0.4, -0.2) is 19.6 Å². The van der Waals surface area contributed by atoms with Gasteiger partial charge >= 0.3 is 0 Å². The Morgan fingerprint density at radius 3 is 1.66 bits per heavy atom. The van der Waals surface area contributed by atoms with E-state index in [1.54, 1.807) is 24.3 Å². The summed E-state index contributed by atoms with van der Waals surface area (Å²) < 4.78 is 31.8. The van der Waals surface area contributed by atoms with Crippen LogP contribution in [0.2, 0.25) is 0 Å². The van der Waals surface area contributed by atoms with Crippen molar-refractivity contribution in [3.05, 3.63) is 119 Å². The molecule has 3 aromatic carbocycles. The summed E-state index contributed by atoms with van der Waals surface area (Å²) >= 11 is 0. The molecule has 1 atom stereocenters. The summed E-state index contributed by atoms with van der Waals surface area (Å²) in [5, 5.41) is 0. The molecular weight excluding hydrogens is 584 g/mol. The van der Waals surface area contributed by atoms with Gasteiger partial charge in [-0.1, -0.05) is 111 Å². The summed E-state index contributed by atoms with van der Waals surface area (Å²) in [6.45, 7) is 4.30. The highest BCUT2D eigenvalue weighted by molar-refractivity contribution is 5.76. The molecule has 0 bridgehead atoms. The van der Waals surface area contributed by atoms with E-state index in [1.807, 2.05) is 24.3 Å². The molecule has 1 aliphatic carbocycles. The van der Waals surface area contributed by atoms with E-state index in [2.05, 4.69) is 43.7 Å². The van der Waals surface area contributed by atoms with E-state index >= 15 is 8.78 Å². The van der Waals surface area contributed by atoms with E-state index in [9.17, 15) is 0 Å². The van der Waals surface area contributed by atoms with E-state index in [0.717, 1.165) is 86.5 Å². The van der Waals surface area contributed by atoms with Crippen molar-refractivity contribution in [2.45, 2.75) is 96.3 Å². The highest BCUT2D eigenvalue weighted by Crippen LogP contribution is 2.39. The van der Waals surface area contributed by atoms with Gasteiger partial charge in [0, 0.05) is 11.1 Å². The highest BCUT2D eigenvalue weighted by atomic mass is 19.3. The van der Waals surface area contributed by atoms with Crippen molar-refractivity contribution in [1.82, 2.24) is 0 Å². The number of hydrogen-bond acceptors (Lipinski definition) is 3. The molecule has 0 heterocycles. The maximum Gasteiger partial charge on any atom is 0.298 e. The molecule has 0 aliphatic heterocycles. The first-order chi connectivity index (χ1) is 22.9. The fourth-order valence-corrected chi connectivity index (χ4v) is 6.53. The van der Waals surface area contributed by atoms with Crippen molar-refractivity contribution >= 4 is 5.57 Å². The maximum absolute atomic E-state index is 15.9. The topological polar surface area (TPSA) is 78.1 Å². The van der Waals surface area contributed by atoms with Gasteiger partial charge in [0.25, 0.3) is 5.92 Å². The van der Waals surface area contributed by atoms with Crippen molar-refractivity contribution < 1.29 is 8.78 Å². The molecule has 1 radical (unpaired) electrons. The zero-order chi connectivity index (χ0) is 33.5. The largest absolute Gasteiger partial charge is 0.330 e. The van der Waals surface area contributed by atoms with E-state index in [1.165, 1.54) is 36.0 Å². The van der Waals surface area contributed by atoms with Crippen LogP contribution < -0.4 is 17.2 Å². The van der Waals surface area contributed by atoms with Gasteiger partial charge in [0.15, 0.2) is 0 Å². The summed E-state index contributed by atoms with van der Waals surface area (Å²) in [6.07, 6.45) is 20.7. The normalized spacial score (nSPS) is 15.1. The number of rotatable bonds is 20. The fraction of sp³-hybridized carbons (Fsp3) is 0.452. The lowest BCUT2D eigenvalue weighted by molar-refractivity contribution is 0.0428. The summed E-state index contributed by atoms with van der Waals surface area (Å²) in [5.74, 6) is -2.72. The summed E-state index contributed by atoms with van der Waals surface area (Å²) in [6, 6.07) is 20.4. The van der Waals surface area contributed by atoms with Crippen molar-refractivity contribution in [2.24, 2.45) is 23.1 Å². The van der Waals surface area contributed by atoms with Gasteiger partial charge in [-0.2, -0.15) is 8.78 Å². The Bertz CT molecular complexity index is 1390. The van der Waals surface area contributed by atoms with Crippen molar-refractivity contribution in [3.63, 3.8) is 0 Å². The minimum Gasteiger partial charge on any atom is -0.330 e. The number of benzene rings is 3. The van der Waals surface area contributed by atoms with Crippen LogP contribution in [-0.2, 0) is 18.8 Å². The molecule has 0 fully saturated rings. The van der Waals surface area contributed by atoms with Gasteiger partial charge in [0.1, 0.15) is 0 Å². The lowest BCUT2D eigenvalue weighted by atomic mass is 9.82. The second-order valence-electron chi connectivity index (χ2n) is 13.2. The van der Waals surface area contributed by atoms with Crippen LogP contribution in [0.1, 0.15) is 105 Å². The van der Waals surface area contributed by atoms with Gasteiger partial charge in [-0.05, 0) is 130 Å². The number of unbranched alkanes of at least 4 members (excludes halogenated alkanes) is 5. The molecule has 1 unspecified atom stereocenters. The monoisotopic (exact) mass is 640 g/mol. The SMILES string of the molecule is CCCCCC1[CH]C(c2ccc(C(F)(F)c3ccc(-c4cc(CCCCN)cc(CCCCN)c4)cc3)cc2)=CC(CCCCN)=C1. The predicted molar refractivity (Wildman–Crippen MR) is 196 cm³/mol. The highest BCUT2D eigenvalue weighted by Gasteiger charge is 2.34. The molecule has 0 saturated carbocycles. The number of hydrogen-bond donors (Lipinski definition) is 3. The van der Waals surface area contributed by atoms with Crippen molar-refractivity contribution in [1.29, 1.82) is 0 Å². The Labute approximate surface area is 282 Å². The molecule has 1 aliphatic rings. The van der Waals surface area contributed by atoms with E-state index < -0.39 is 5.92 Å². The third-order valence-electron chi connectivity index (χ3n) is 9.28. The first kappa shape index (κ1) is 36.7. The molecule has 3 aromatic rings. The number of allylic oxidation sites excluding steroid dienone is 4. The van der Waals surface area contributed by atoms with Gasteiger partial charge in [0.2, 0.25) is 0 Å². The minimum absolute atomic E-state index is 0.000764. The first-order valence-electron chi connectivity index (χ1n) is 18.0. The Balaban J connectivity index is 1.51. The quantitative estimate of drug-likeness (QED) is 0.108. The molecule has 0 spiro atoms. The average molecular weight is 641 g/mol. The second kappa shape index (κ2) is 19.0. The van der Waals surface area contributed by atoms with Crippen LogP contribution in [0, 0.1) is 12.3 Å². The molecule has 5 heteroatoms. The number of halogens is 2. The lowest BCUT2D eigenvalue weighted by Gasteiger charge is -2.23. The summed E-state index contributed by atoms with van der Waals surface area (Å²) in [4.78, 5) is 0. The van der Waals surface area contributed by atoms with Crippen LogP contribution in [0.3, 0.4) is 0 Å². The maximum atomic E-state index is 15.9. The Morgan fingerprint density at radius 1 is 0.596 bits per heavy atom. The predicted octanol–water partition coefficient (Wildman–Crippen LogP) is 9.91. The Kier molecular flexibility index (Phi) is 14.9.